The van der Waals surface area contributed by atoms with Gasteiger partial charge in [-0.1, -0.05) is 29.0 Å². The maximum atomic E-state index is 4.70. The van der Waals surface area contributed by atoms with Gasteiger partial charge in [0.05, 0.1) is 12.0 Å². The number of aryl methyl sites for hydroxylation is 3. The molecule has 1 aromatic carbocycles. The maximum absolute atomic E-state index is 4.70. The van der Waals surface area contributed by atoms with E-state index in [0.717, 1.165) is 23.7 Å². The molecule has 1 heterocycles. The van der Waals surface area contributed by atoms with Crippen LogP contribution in [0.3, 0.4) is 0 Å². The topological polar surface area (TPSA) is 28.5 Å². The molecule has 0 unspecified atom stereocenters. The molecule has 4 heteroatoms. The summed E-state index contributed by atoms with van der Waals surface area (Å²) in [5.74, 6) is 0. The smallest absolute Gasteiger partial charge is 0.211 e. The number of hydrogen-bond acceptors (Lipinski definition) is 3. The zero-order chi connectivity index (χ0) is 13.4. The molecule has 0 radical (unpaired) electrons. The van der Waals surface area contributed by atoms with Crippen molar-refractivity contribution in [1.29, 1.82) is 0 Å². The first-order valence-electron chi connectivity index (χ1n) is 6.44. The van der Waals surface area contributed by atoms with Crippen LogP contribution in [0, 0.1) is 6.92 Å². The lowest BCUT2D eigenvalue weighted by Gasteiger charge is -2.15. The van der Waals surface area contributed by atoms with Gasteiger partial charge in [-0.2, -0.15) is 0 Å². The van der Waals surface area contributed by atoms with Gasteiger partial charge in [-0.05, 0) is 31.4 Å². The molecular formula is C15H17N3S. The van der Waals surface area contributed by atoms with Crippen LogP contribution in [-0.4, -0.2) is 30.3 Å². The SMILES string of the molecule is Cc1ccc2c(c1)-c1nc(N=CN(C)C)sc1CC2. The number of aliphatic imine (C=N–C) groups is 1. The molecule has 1 aliphatic rings. The lowest BCUT2D eigenvalue weighted by atomic mass is 9.92. The van der Waals surface area contributed by atoms with Crippen molar-refractivity contribution in [2.45, 2.75) is 19.8 Å². The second-order valence-electron chi connectivity index (χ2n) is 5.14. The Morgan fingerprint density at radius 1 is 1.32 bits per heavy atom. The fraction of sp³-hybridized carbons (Fsp3) is 0.333. The summed E-state index contributed by atoms with van der Waals surface area (Å²) in [7, 11) is 3.94. The Balaban J connectivity index is 2.04. The average molecular weight is 271 g/mol. The van der Waals surface area contributed by atoms with E-state index in [2.05, 4.69) is 30.1 Å². The summed E-state index contributed by atoms with van der Waals surface area (Å²) in [5, 5.41) is 0.855. The average Bonchev–Trinajstić information content (AvgIpc) is 2.79. The van der Waals surface area contributed by atoms with Crippen LogP contribution in [0.5, 0.6) is 0 Å². The van der Waals surface area contributed by atoms with Gasteiger partial charge in [0.25, 0.3) is 0 Å². The molecule has 3 nitrogen and oxygen atoms in total. The minimum absolute atomic E-state index is 0.855. The Kier molecular flexibility index (Phi) is 3.11. The van der Waals surface area contributed by atoms with Crippen LogP contribution in [-0.2, 0) is 12.8 Å². The van der Waals surface area contributed by atoms with Gasteiger partial charge in [0.15, 0.2) is 0 Å². The van der Waals surface area contributed by atoms with Crippen molar-refractivity contribution in [3.8, 4) is 11.3 Å². The van der Waals surface area contributed by atoms with E-state index in [-0.39, 0.29) is 0 Å². The van der Waals surface area contributed by atoms with E-state index in [0.29, 0.717) is 0 Å². The molecule has 2 aromatic rings. The third-order valence-electron chi connectivity index (χ3n) is 3.23. The van der Waals surface area contributed by atoms with Crippen molar-refractivity contribution < 1.29 is 0 Å². The molecule has 0 saturated carbocycles. The molecule has 0 amide bonds. The van der Waals surface area contributed by atoms with Crippen molar-refractivity contribution in [3.05, 3.63) is 34.2 Å². The molecular weight excluding hydrogens is 254 g/mol. The van der Waals surface area contributed by atoms with E-state index in [4.69, 9.17) is 4.98 Å². The lowest BCUT2D eigenvalue weighted by molar-refractivity contribution is 0.643. The Labute approximate surface area is 117 Å². The van der Waals surface area contributed by atoms with Crippen molar-refractivity contribution in [1.82, 2.24) is 9.88 Å². The molecule has 0 bridgehead atoms. The zero-order valence-corrected chi connectivity index (χ0v) is 12.3. The lowest BCUT2D eigenvalue weighted by Crippen LogP contribution is -2.06. The predicted molar refractivity (Wildman–Crippen MR) is 81.5 cm³/mol. The van der Waals surface area contributed by atoms with Crippen molar-refractivity contribution >= 4 is 22.8 Å². The number of aromatic nitrogens is 1. The third-order valence-corrected chi connectivity index (χ3v) is 4.25. The molecule has 3 rings (SSSR count). The highest BCUT2D eigenvalue weighted by Crippen LogP contribution is 2.39. The number of fused-ring (bicyclic) bond motifs is 3. The fourth-order valence-electron chi connectivity index (χ4n) is 2.32. The summed E-state index contributed by atoms with van der Waals surface area (Å²) in [6, 6.07) is 6.66. The normalized spacial score (nSPS) is 13.4. The minimum atomic E-state index is 0.855. The van der Waals surface area contributed by atoms with Crippen LogP contribution in [0.15, 0.2) is 23.2 Å². The molecule has 19 heavy (non-hydrogen) atoms. The molecule has 0 spiro atoms. The number of hydrogen-bond donors (Lipinski definition) is 0. The van der Waals surface area contributed by atoms with Crippen LogP contribution in [0.25, 0.3) is 11.3 Å². The van der Waals surface area contributed by atoms with E-state index in [1.54, 1.807) is 17.7 Å². The molecule has 1 aliphatic carbocycles. The van der Waals surface area contributed by atoms with Gasteiger partial charge in [0, 0.05) is 24.5 Å². The standard InChI is InChI=1S/C15H17N3S/c1-10-4-5-11-6-7-13-14(12(11)8-10)17-15(19-13)16-9-18(2)3/h4-5,8-9H,6-7H2,1-3H3. The van der Waals surface area contributed by atoms with Gasteiger partial charge >= 0.3 is 0 Å². The second kappa shape index (κ2) is 4.78. The first kappa shape index (κ1) is 12.4. The van der Waals surface area contributed by atoms with Crippen molar-refractivity contribution in [2.75, 3.05) is 14.1 Å². The summed E-state index contributed by atoms with van der Waals surface area (Å²) in [5.41, 5.74) is 5.13. The van der Waals surface area contributed by atoms with Crippen molar-refractivity contribution in [3.63, 3.8) is 0 Å². The molecule has 1 aromatic heterocycles. The molecule has 0 fully saturated rings. The Morgan fingerprint density at radius 2 is 2.16 bits per heavy atom. The van der Waals surface area contributed by atoms with Crippen LogP contribution < -0.4 is 0 Å². The summed E-state index contributed by atoms with van der Waals surface area (Å²) in [4.78, 5) is 12.4. The van der Waals surface area contributed by atoms with Gasteiger partial charge in [-0.3, -0.25) is 0 Å². The molecule has 0 atom stereocenters. The van der Waals surface area contributed by atoms with E-state index < -0.39 is 0 Å². The van der Waals surface area contributed by atoms with E-state index in [1.165, 1.54) is 21.6 Å². The fourth-order valence-corrected chi connectivity index (χ4v) is 3.23. The number of thiazole rings is 1. The highest BCUT2D eigenvalue weighted by Gasteiger charge is 2.20. The Morgan fingerprint density at radius 3 is 2.95 bits per heavy atom. The number of nitrogens with zero attached hydrogens (tertiary/aromatic N) is 3. The van der Waals surface area contributed by atoms with E-state index >= 15 is 0 Å². The highest BCUT2D eigenvalue weighted by atomic mass is 32.1. The Hall–Kier alpha value is -1.68. The highest BCUT2D eigenvalue weighted by molar-refractivity contribution is 7.15. The molecule has 0 N–H and O–H groups in total. The number of rotatable bonds is 2. The largest absolute Gasteiger partial charge is 0.369 e. The number of benzene rings is 1. The summed E-state index contributed by atoms with van der Waals surface area (Å²) < 4.78 is 0. The van der Waals surface area contributed by atoms with Gasteiger partial charge in [0.2, 0.25) is 5.13 Å². The predicted octanol–water partition coefficient (Wildman–Crippen LogP) is 3.44. The molecule has 98 valence electrons. The van der Waals surface area contributed by atoms with E-state index in [9.17, 15) is 0 Å². The Bertz CT molecular complexity index is 641. The van der Waals surface area contributed by atoms with Crippen LogP contribution in [0.2, 0.25) is 0 Å². The first-order valence-corrected chi connectivity index (χ1v) is 7.25. The maximum Gasteiger partial charge on any atom is 0.211 e. The molecule has 0 aliphatic heterocycles. The van der Waals surface area contributed by atoms with Gasteiger partial charge < -0.3 is 4.90 Å². The summed E-state index contributed by atoms with van der Waals surface area (Å²) in [6.45, 7) is 2.13. The van der Waals surface area contributed by atoms with Crippen LogP contribution in [0.1, 0.15) is 16.0 Å². The minimum Gasteiger partial charge on any atom is -0.369 e. The summed E-state index contributed by atoms with van der Waals surface area (Å²) in [6.07, 6.45) is 4.00. The quantitative estimate of drug-likeness (QED) is 0.618. The van der Waals surface area contributed by atoms with Crippen LogP contribution >= 0.6 is 11.3 Å². The molecule has 0 saturated heterocycles. The summed E-state index contributed by atoms with van der Waals surface area (Å²) >= 11 is 1.71. The van der Waals surface area contributed by atoms with Crippen molar-refractivity contribution in [2.24, 2.45) is 4.99 Å². The van der Waals surface area contributed by atoms with E-state index in [1.807, 2.05) is 19.0 Å². The third kappa shape index (κ3) is 2.40. The second-order valence-corrected chi connectivity index (χ2v) is 6.20. The monoisotopic (exact) mass is 271 g/mol. The van der Waals surface area contributed by atoms with Gasteiger partial charge in [-0.15, -0.1) is 0 Å². The van der Waals surface area contributed by atoms with Crippen LogP contribution in [0.4, 0.5) is 5.13 Å². The van der Waals surface area contributed by atoms with Gasteiger partial charge in [0.1, 0.15) is 0 Å². The zero-order valence-electron chi connectivity index (χ0n) is 11.5. The first-order chi connectivity index (χ1) is 9.13. The van der Waals surface area contributed by atoms with Gasteiger partial charge in [-0.25, -0.2) is 9.98 Å².